The van der Waals surface area contributed by atoms with Crippen LogP contribution in [0.15, 0.2) is 231 Å². The smallest absolute Gasteiger partial charge is 0.00990 e. The summed E-state index contributed by atoms with van der Waals surface area (Å²) >= 11 is 0. The minimum atomic E-state index is 1.15. The van der Waals surface area contributed by atoms with E-state index >= 15 is 0 Å². The van der Waals surface area contributed by atoms with Gasteiger partial charge in [-0.05, 0) is 123 Å². The van der Waals surface area contributed by atoms with Gasteiger partial charge in [0.2, 0.25) is 0 Å². The highest BCUT2D eigenvalue weighted by Crippen LogP contribution is 2.35. The van der Waals surface area contributed by atoms with E-state index in [9.17, 15) is 0 Å². The van der Waals surface area contributed by atoms with Crippen LogP contribution in [0, 0.1) is 0 Å². The molecule has 0 radical (unpaired) electrons. The Labute approximate surface area is 364 Å². The van der Waals surface area contributed by atoms with Crippen molar-refractivity contribution in [2.45, 2.75) is 0 Å². The van der Waals surface area contributed by atoms with Crippen LogP contribution in [0.2, 0.25) is 0 Å². The molecule has 0 aliphatic carbocycles. The van der Waals surface area contributed by atoms with E-state index in [1.54, 1.807) is 0 Å². The van der Waals surface area contributed by atoms with Crippen molar-refractivity contribution in [1.29, 1.82) is 0 Å². The van der Waals surface area contributed by atoms with E-state index in [1.807, 2.05) is 0 Å². The van der Waals surface area contributed by atoms with Crippen molar-refractivity contribution in [3.8, 4) is 0 Å². The second kappa shape index (κ2) is 17.7. The molecule has 0 spiro atoms. The molecule has 10 aromatic rings. The van der Waals surface area contributed by atoms with Crippen molar-refractivity contribution in [1.82, 2.24) is 0 Å². The third kappa shape index (κ3) is 8.11. The molecule has 0 aromatic heterocycles. The van der Waals surface area contributed by atoms with Crippen molar-refractivity contribution < 1.29 is 0 Å². The monoisotopic (exact) mass is 788 g/mol. The minimum absolute atomic E-state index is 1.15. The van der Waals surface area contributed by atoms with Crippen LogP contribution in [-0.2, 0) is 0 Å². The minimum Gasteiger partial charge on any atom is -0.0622 e. The van der Waals surface area contributed by atoms with Crippen LogP contribution in [0.5, 0.6) is 0 Å². The highest BCUT2D eigenvalue weighted by molar-refractivity contribution is 6.05. The fraction of sp³-hybridized carbons (Fsp3) is 0. The van der Waals surface area contributed by atoms with E-state index in [-0.39, 0.29) is 0 Å². The Balaban J connectivity index is 1.06. The molecule has 62 heavy (non-hydrogen) atoms. The van der Waals surface area contributed by atoms with E-state index in [1.165, 1.54) is 65.7 Å². The van der Waals surface area contributed by atoms with Gasteiger partial charge in [0.1, 0.15) is 0 Å². The molecule has 0 unspecified atom stereocenters. The molecule has 0 heterocycles. The first-order chi connectivity index (χ1) is 30.7. The summed E-state index contributed by atoms with van der Waals surface area (Å²) < 4.78 is 0. The SMILES string of the molecule is C(=Cc1cc2ccccc2cc1C=Cc1ccccc1C=C(c1ccccc1)c1cccc2ccccc12)c1ccccc1C=C(c1ccccc1)c1cccc2ccccc12. The topological polar surface area (TPSA) is 0 Å². The Hall–Kier alpha value is -8.06. The lowest BCUT2D eigenvalue weighted by Crippen LogP contribution is -1.91. The normalized spacial score (nSPS) is 12.3. The molecule has 0 aliphatic heterocycles. The van der Waals surface area contributed by atoms with Gasteiger partial charge in [-0.1, -0.05) is 243 Å². The molecule has 292 valence electrons. The fourth-order valence-corrected chi connectivity index (χ4v) is 8.61. The summed E-state index contributed by atoms with van der Waals surface area (Å²) in [6, 6.07) is 82.7. The Morgan fingerprint density at radius 1 is 0.242 bits per heavy atom. The van der Waals surface area contributed by atoms with Crippen LogP contribution in [-0.4, -0.2) is 0 Å². The maximum atomic E-state index is 2.35. The zero-order chi connectivity index (χ0) is 41.5. The highest BCUT2D eigenvalue weighted by atomic mass is 14.2. The van der Waals surface area contributed by atoms with Gasteiger partial charge in [0, 0.05) is 0 Å². The van der Waals surface area contributed by atoms with E-state index in [0.29, 0.717) is 0 Å². The standard InChI is InChI=1S/C62H44/c1-3-21-49(22-4-1)61(59-35-17-31-47-25-13-15-33-57(47)59)43-53-29-9-7-19-45(53)37-39-55-41-51-27-11-12-28-52(51)42-56(55)40-38-46-20-8-10-30-54(46)44-62(50-23-5-2-6-24-50)60-36-18-32-48-26-14-16-34-58(48)60/h1-44H. The maximum absolute atomic E-state index is 2.35. The molecule has 10 rings (SSSR count). The van der Waals surface area contributed by atoms with Gasteiger partial charge in [-0.3, -0.25) is 0 Å². The largest absolute Gasteiger partial charge is 0.0622 e. The van der Waals surface area contributed by atoms with Crippen molar-refractivity contribution >= 4 is 79.9 Å². The summed E-state index contributed by atoms with van der Waals surface area (Å²) in [4.78, 5) is 0. The van der Waals surface area contributed by atoms with Crippen molar-refractivity contribution in [2.75, 3.05) is 0 Å². The zero-order valence-electron chi connectivity index (χ0n) is 34.4. The van der Waals surface area contributed by atoms with Crippen molar-refractivity contribution in [3.63, 3.8) is 0 Å². The summed E-state index contributed by atoms with van der Waals surface area (Å²) in [6.45, 7) is 0. The lowest BCUT2D eigenvalue weighted by molar-refractivity contribution is 1.56. The third-order valence-electron chi connectivity index (χ3n) is 11.8. The molecule has 0 amide bonds. The average Bonchev–Trinajstić information content (AvgIpc) is 3.34. The van der Waals surface area contributed by atoms with Crippen LogP contribution in [0.1, 0.15) is 55.6 Å². The summed E-state index contributed by atoms with van der Waals surface area (Å²) in [6.07, 6.45) is 13.8. The summed E-state index contributed by atoms with van der Waals surface area (Å²) in [5.74, 6) is 0. The molecule has 0 atom stereocenters. The van der Waals surface area contributed by atoms with E-state index in [2.05, 4.69) is 267 Å². The predicted octanol–water partition coefficient (Wildman–Crippen LogP) is 16.7. The summed E-state index contributed by atoms with van der Waals surface area (Å²) in [7, 11) is 0. The molecule has 10 aromatic carbocycles. The van der Waals surface area contributed by atoms with Crippen molar-refractivity contribution in [3.05, 3.63) is 286 Å². The quantitative estimate of drug-likeness (QED) is 0.121. The van der Waals surface area contributed by atoms with Crippen LogP contribution < -0.4 is 0 Å². The molecule has 0 aliphatic rings. The van der Waals surface area contributed by atoms with E-state index in [0.717, 1.165) is 33.4 Å². The van der Waals surface area contributed by atoms with Crippen LogP contribution in [0.3, 0.4) is 0 Å². The number of rotatable bonds is 10. The first-order valence-electron chi connectivity index (χ1n) is 21.3. The zero-order valence-corrected chi connectivity index (χ0v) is 34.4. The first kappa shape index (κ1) is 38.2. The molecule has 0 fully saturated rings. The highest BCUT2D eigenvalue weighted by Gasteiger charge is 2.12. The van der Waals surface area contributed by atoms with E-state index < -0.39 is 0 Å². The number of benzene rings is 10. The fourth-order valence-electron chi connectivity index (χ4n) is 8.61. The first-order valence-corrected chi connectivity index (χ1v) is 21.3. The second-order valence-electron chi connectivity index (χ2n) is 15.7. The Kier molecular flexibility index (Phi) is 10.9. The molecule has 0 nitrogen and oxygen atoms in total. The molecule has 0 N–H and O–H groups in total. The van der Waals surface area contributed by atoms with Gasteiger partial charge in [-0.25, -0.2) is 0 Å². The molecule has 0 heteroatoms. The van der Waals surface area contributed by atoms with Crippen molar-refractivity contribution in [2.24, 2.45) is 0 Å². The summed E-state index contributed by atoms with van der Waals surface area (Å²) in [5.41, 5.74) is 14.2. The second-order valence-corrected chi connectivity index (χ2v) is 15.7. The van der Waals surface area contributed by atoms with Crippen LogP contribution in [0.25, 0.3) is 79.9 Å². The van der Waals surface area contributed by atoms with Gasteiger partial charge in [0.15, 0.2) is 0 Å². The van der Waals surface area contributed by atoms with Gasteiger partial charge < -0.3 is 0 Å². The Morgan fingerprint density at radius 2 is 0.565 bits per heavy atom. The number of hydrogen-bond acceptors (Lipinski definition) is 0. The number of fused-ring (bicyclic) bond motifs is 3. The molecular formula is C62H44. The maximum Gasteiger partial charge on any atom is -0.00990 e. The van der Waals surface area contributed by atoms with Gasteiger partial charge in [-0.15, -0.1) is 0 Å². The molecular weight excluding hydrogens is 745 g/mol. The average molecular weight is 789 g/mol. The lowest BCUT2D eigenvalue weighted by atomic mass is 9.90. The van der Waals surface area contributed by atoms with Gasteiger partial charge >= 0.3 is 0 Å². The van der Waals surface area contributed by atoms with Crippen LogP contribution >= 0.6 is 0 Å². The molecule has 0 saturated carbocycles. The van der Waals surface area contributed by atoms with Gasteiger partial charge in [0.25, 0.3) is 0 Å². The molecule has 0 saturated heterocycles. The van der Waals surface area contributed by atoms with Gasteiger partial charge in [-0.2, -0.15) is 0 Å². The lowest BCUT2D eigenvalue weighted by Gasteiger charge is -2.13. The third-order valence-corrected chi connectivity index (χ3v) is 11.8. The predicted molar refractivity (Wildman–Crippen MR) is 269 cm³/mol. The van der Waals surface area contributed by atoms with E-state index in [4.69, 9.17) is 0 Å². The van der Waals surface area contributed by atoms with Crippen LogP contribution in [0.4, 0.5) is 0 Å². The van der Waals surface area contributed by atoms with Gasteiger partial charge in [0.05, 0.1) is 0 Å². The Morgan fingerprint density at radius 3 is 1.00 bits per heavy atom. The Bertz CT molecular complexity index is 3090. The summed E-state index contributed by atoms with van der Waals surface area (Å²) in [5, 5.41) is 7.38. The number of hydrogen-bond donors (Lipinski definition) is 0. The molecule has 0 bridgehead atoms.